The maximum Gasteiger partial charge on any atom is 0.309 e. The zero-order chi connectivity index (χ0) is 25.5. The third-order valence-corrected chi connectivity index (χ3v) is 8.47. The molecule has 0 N–H and O–H groups in total. The molecule has 0 heterocycles. The van der Waals surface area contributed by atoms with E-state index in [0.717, 1.165) is 22.9 Å². The number of ether oxygens (including phenoxy) is 1. The van der Waals surface area contributed by atoms with Gasteiger partial charge in [0.15, 0.2) is 9.84 Å². The molecule has 7 nitrogen and oxygen atoms in total. The Morgan fingerprint density at radius 1 is 0.771 bits per heavy atom. The van der Waals surface area contributed by atoms with Crippen LogP contribution in [0.1, 0.15) is 22.3 Å². The van der Waals surface area contributed by atoms with Crippen molar-refractivity contribution in [3.05, 3.63) is 101 Å². The molecule has 186 valence electrons. The van der Waals surface area contributed by atoms with Gasteiger partial charge in [0.25, 0.3) is 0 Å². The van der Waals surface area contributed by atoms with Gasteiger partial charge in [0.1, 0.15) is 0 Å². The number of aryl methyl sites for hydroxylation is 1. The van der Waals surface area contributed by atoms with Gasteiger partial charge in [-0.05, 0) is 40.8 Å². The summed E-state index contributed by atoms with van der Waals surface area (Å²) < 4.78 is 56.4. The standard InChI is InChI=1S/C26H29NO6S2/c1-33-26(28)18-23-9-6-10-24(17-23)20-27(34(2,29)30)19-22-11-13-25(14-12-22)35(31,32)16-15-21-7-4-3-5-8-21/h3-14,17H,15-16,18-20H2,1-2H3. The molecule has 0 aliphatic rings. The SMILES string of the molecule is COC(=O)Cc1cccc(CN(Cc2ccc(S(=O)(=O)CCc3ccccc3)cc2)S(C)(=O)=O)c1. The topological polar surface area (TPSA) is 97.8 Å². The fourth-order valence-corrected chi connectivity index (χ4v) is 5.65. The van der Waals surface area contributed by atoms with Gasteiger partial charge in [-0.1, -0.05) is 66.7 Å². The lowest BCUT2D eigenvalue weighted by Crippen LogP contribution is -2.29. The molecule has 0 amide bonds. The van der Waals surface area contributed by atoms with E-state index in [2.05, 4.69) is 0 Å². The Morgan fingerprint density at radius 2 is 1.37 bits per heavy atom. The molecule has 0 aromatic heterocycles. The summed E-state index contributed by atoms with van der Waals surface area (Å²) in [6.07, 6.45) is 1.65. The lowest BCUT2D eigenvalue weighted by molar-refractivity contribution is -0.139. The van der Waals surface area contributed by atoms with E-state index in [1.807, 2.05) is 30.3 Å². The Morgan fingerprint density at radius 3 is 2.00 bits per heavy atom. The number of methoxy groups -OCH3 is 1. The van der Waals surface area contributed by atoms with E-state index in [9.17, 15) is 21.6 Å². The smallest absolute Gasteiger partial charge is 0.309 e. The summed E-state index contributed by atoms with van der Waals surface area (Å²) in [6, 6.07) is 22.9. The number of sulfone groups is 1. The second-order valence-corrected chi connectivity index (χ2v) is 12.4. The van der Waals surface area contributed by atoms with E-state index in [4.69, 9.17) is 4.74 Å². The minimum atomic E-state index is -3.56. The fraction of sp³-hybridized carbons (Fsp3) is 0.269. The Balaban J connectivity index is 1.71. The molecule has 0 spiro atoms. The molecule has 0 saturated heterocycles. The van der Waals surface area contributed by atoms with Crippen molar-refractivity contribution >= 4 is 25.8 Å². The second kappa shape index (κ2) is 11.6. The maximum absolute atomic E-state index is 12.7. The van der Waals surface area contributed by atoms with Gasteiger partial charge in [-0.15, -0.1) is 0 Å². The normalized spacial score (nSPS) is 12.0. The Kier molecular flexibility index (Phi) is 8.82. The molecule has 0 aliphatic carbocycles. The minimum Gasteiger partial charge on any atom is -0.469 e. The van der Waals surface area contributed by atoms with Crippen LogP contribution in [0.4, 0.5) is 0 Å². The maximum atomic E-state index is 12.7. The van der Waals surface area contributed by atoms with Crippen LogP contribution >= 0.6 is 0 Å². The van der Waals surface area contributed by atoms with Crippen LogP contribution in [-0.2, 0) is 55.3 Å². The summed E-state index contributed by atoms with van der Waals surface area (Å²) in [7, 11) is -5.71. The first-order valence-corrected chi connectivity index (χ1v) is 14.5. The predicted octanol–water partition coefficient (Wildman–Crippen LogP) is 3.38. The summed E-state index contributed by atoms with van der Waals surface area (Å²) >= 11 is 0. The summed E-state index contributed by atoms with van der Waals surface area (Å²) in [5.74, 6) is -0.380. The average molecular weight is 516 g/mol. The Hall–Kier alpha value is -3.01. The van der Waals surface area contributed by atoms with Crippen molar-refractivity contribution in [3.63, 3.8) is 0 Å². The zero-order valence-corrected chi connectivity index (χ0v) is 21.4. The fourth-order valence-electron chi connectivity index (χ4n) is 3.59. The van der Waals surface area contributed by atoms with Gasteiger partial charge in [-0.2, -0.15) is 4.31 Å². The first kappa shape index (κ1) is 26.6. The molecule has 0 bridgehead atoms. The van der Waals surface area contributed by atoms with Crippen molar-refractivity contribution in [2.75, 3.05) is 19.1 Å². The molecular formula is C26H29NO6S2. The zero-order valence-electron chi connectivity index (χ0n) is 19.8. The largest absolute Gasteiger partial charge is 0.469 e. The molecule has 0 atom stereocenters. The number of benzene rings is 3. The van der Waals surface area contributed by atoms with Crippen molar-refractivity contribution in [1.82, 2.24) is 4.31 Å². The average Bonchev–Trinajstić information content (AvgIpc) is 2.83. The lowest BCUT2D eigenvalue weighted by atomic mass is 10.1. The number of esters is 1. The molecule has 3 aromatic carbocycles. The van der Waals surface area contributed by atoms with Crippen molar-refractivity contribution < 1.29 is 26.4 Å². The highest BCUT2D eigenvalue weighted by atomic mass is 32.2. The first-order chi connectivity index (χ1) is 16.6. The third-order valence-electron chi connectivity index (χ3n) is 5.54. The van der Waals surface area contributed by atoms with E-state index >= 15 is 0 Å². The quantitative estimate of drug-likeness (QED) is 0.363. The van der Waals surface area contributed by atoms with Gasteiger partial charge in [0.05, 0.1) is 30.4 Å². The van der Waals surface area contributed by atoms with Gasteiger partial charge in [0, 0.05) is 13.1 Å². The molecule has 0 unspecified atom stereocenters. The predicted molar refractivity (Wildman–Crippen MR) is 135 cm³/mol. The number of rotatable bonds is 11. The van der Waals surface area contributed by atoms with Crippen LogP contribution in [0.15, 0.2) is 83.8 Å². The first-order valence-electron chi connectivity index (χ1n) is 11.0. The van der Waals surface area contributed by atoms with Gasteiger partial charge in [-0.25, -0.2) is 16.8 Å². The second-order valence-electron chi connectivity index (χ2n) is 8.30. The van der Waals surface area contributed by atoms with Crippen LogP contribution in [0.25, 0.3) is 0 Å². The van der Waals surface area contributed by atoms with E-state index in [-0.39, 0.29) is 36.1 Å². The number of hydrogen-bond donors (Lipinski definition) is 0. The van der Waals surface area contributed by atoms with Crippen LogP contribution < -0.4 is 0 Å². The molecule has 0 fully saturated rings. The highest BCUT2D eigenvalue weighted by Crippen LogP contribution is 2.18. The van der Waals surface area contributed by atoms with Crippen LogP contribution in [-0.4, -0.2) is 46.2 Å². The number of carbonyl (C=O) groups is 1. The Labute approximate surface area is 207 Å². The van der Waals surface area contributed by atoms with E-state index in [1.165, 1.54) is 23.5 Å². The van der Waals surface area contributed by atoms with Crippen LogP contribution in [0.5, 0.6) is 0 Å². The summed E-state index contributed by atoms with van der Waals surface area (Å²) in [4.78, 5) is 11.8. The van der Waals surface area contributed by atoms with E-state index < -0.39 is 19.9 Å². The summed E-state index contributed by atoms with van der Waals surface area (Å²) in [5.41, 5.74) is 3.08. The molecule has 9 heteroatoms. The van der Waals surface area contributed by atoms with Crippen molar-refractivity contribution in [3.8, 4) is 0 Å². The lowest BCUT2D eigenvalue weighted by Gasteiger charge is -2.20. The monoisotopic (exact) mass is 515 g/mol. The molecule has 3 rings (SSSR count). The van der Waals surface area contributed by atoms with Gasteiger partial charge in [-0.3, -0.25) is 4.79 Å². The van der Waals surface area contributed by atoms with Gasteiger partial charge < -0.3 is 4.74 Å². The molecule has 0 aliphatic heterocycles. The molecule has 0 radical (unpaired) electrons. The van der Waals surface area contributed by atoms with Crippen LogP contribution in [0, 0.1) is 0 Å². The molecule has 0 saturated carbocycles. The molecular weight excluding hydrogens is 486 g/mol. The van der Waals surface area contributed by atoms with Crippen molar-refractivity contribution in [2.24, 2.45) is 0 Å². The van der Waals surface area contributed by atoms with Crippen molar-refractivity contribution in [1.29, 1.82) is 0 Å². The highest BCUT2D eigenvalue weighted by Gasteiger charge is 2.19. The molecule has 3 aromatic rings. The third kappa shape index (κ3) is 8.02. The number of sulfonamides is 1. The number of hydrogen-bond acceptors (Lipinski definition) is 6. The van der Waals surface area contributed by atoms with Crippen LogP contribution in [0.3, 0.4) is 0 Å². The van der Waals surface area contributed by atoms with Crippen LogP contribution in [0.2, 0.25) is 0 Å². The van der Waals surface area contributed by atoms with Gasteiger partial charge in [0.2, 0.25) is 10.0 Å². The van der Waals surface area contributed by atoms with E-state index in [0.29, 0.717) is 12.0 Å². The minimum absolute atomic E-state index is 0.00621. The van der Waals surface area contributed by atoms with Gasteiger partial charge >= 0.3 is 5.97 Å². The van der Waals surface area contributed by atoms with E-state index in [1.54, 1.807) is 36.4 Å². The molecule has 35 heavy (non-hydrogen) atoms. The Bertz CT molecular complexity index is 1350. The van der Waals surface area contributed by atoms with Crippen molar-refractivity contribution in [2.45, 2.75) is 30.8 Å². The summed E-state index contributed by atoms with van der Waals surface area (Å²) in [6.45, 7) is 0.204. The number of carbonyl (C=O) groups excluding carboxylic acids is 1. The highest BCUT2D eigenvalue weighted by molar-refractivity contribution is 7.91. The number of nitrogens with zero attached hydrogens (tertiary/aromatic N) is 1. The summed E-state index contributed by atoms with van der Waals surface area (Å²) in [5, 5.41) is 0.